The molecular weight excluding hydrogens is 248 g/mol. The van der Waals surface area contributed by atoms with Gasteiger partial charge in [-0.15, -0.1) is 0 Å². The van der Waals surface area contributed by atoms with Crippen molar-refractivity contribution < 1.29 is 5.11 Å². The Morgan fingerprint density at radius 2 is 1.60 bits per heavy atom. The molecule has 102 valence electrons. The smallest absolute Gasteiger partial charge is 0.115 e. The second-order valence-electron chi connectivity index (χ2n) is 4.64. The molecule has 0 aliphatic carbocycles. The number of phenolic OH excluding ortho intramolecular Hbond substituents is 1. The molecule has 0 aliphatic heterocycles. The van der Waals surface area contributed by atoms with Gasteiger partial charge in [-0.25, -0.2) is 0 Å². The maximum Gasteiger partial charge on any atom is 0.115 e. The molecular formula is C17H18N2O. The normalized spacial score (nSPS) is 11.3. The summed E-state index contributed by atoms with van der Waals surface area (Å²) >= 11 is 0. The minimum Gasteiger partial charge on any atom is -0.508 e. The van der Waals surface area contributed by atoms with Crippen LogP contribution < -0.4 is 4.90 Å². The Kier molecular flexibility index (Phi) is 4.56. The summed E-state index contributed by atoms with van der Waals surface area (Å²) in [6.45, 7) is 0. The number of aliphatic imine (C=N–C) groups is 1. The lowest BCUT2D eigenvalue weighted by molar-refractivity contribution is 0.475. The monoisotopic (exact) mass is 266 g/mol. The molecule has 2 aromatic carbocycles. The Labute approximate surface area is 119 Å². The van der Waals surface area contributed by atoms with E-state index in [-0.39, 0.29) is 5.75 Å². The van der Waals surface area contributed by atoms with Gasteiger partial charge in [0.25, 0.3) is 0 Å². The number of hydrogen-bond donors (Lipinski definition) is 1. The number of phenols is 1. The largest absolute Gasteiger partial charge is 0.508 e. The molecule has 0 aromatic heterocycles. The average molecular weight is 266 g/mol. The van der Waals surface area contributed by atoms with Crippen LogP contribution in [0.25, 0.3) is 6.08 Å². The van der Waals surface area contributed by atoms with Gasteiger partial charge in [-0.2, -0.15) is 0 Å². The van der Waals surface area contributed by atoms with Crippen LogP contribution in [0.4, 0.5) is 11.4 Å². The molecule has 0 atom stereocenters. The molecule has 0 bridgehead atoms. The van der Waals surface area contributed by atoms with E-state index in [1.165, 1.54) is 5.69 Å². The van der Waals surface area contributed by atoms with Crippen molar-refractivity contribution in [3.8, 4) is 5.75 Å². The fourth-order valence-corrected chi connectivity index (χ4v) is 1.71. The molecule has 0 unspecified atom stereocenters. The van der Waals surface area contributed by atoms with Gasteiger partial charge in [0.1, 0.15) is 5.75 Å². The number of rotatable bonds is 4. The van der Waals surface area contributed by atoms with Crippen molar-refractivity contribution >= 4 is 23.7 Å². The Hall–Kier alpha value is -2.55. The second kappa shape index (κ2) is 6.57. The zero-order valence-electron chi connectivity index (χ0n) is 11.7. The van der Waals surface area contributed by atoms with E-state index in [1.54, 1.807) is 30.5 Å². The zero-order chi connectivity index (χ0) is 14.4. The third-order valence-corrected chi connectivity index (χ3v) is 2.86. The van der Waals surface area contributed by atoms with Gasteiger partial charge < -0.3 is 10.0 Å². The highest BCUT2D eigenvalue weighted by atomic mass is 16.3. The van der Waals surface area contributed by atoms with Crippen LogP contribution >= 0.6 is 0 Å². The third-order valence-electron chi connectivity index (χ3n) is 2.86. The molecule has 20 heavy (non-hydrogen) atoms. The highest BCUT2D eigenvalue weighted by Crippen LogP contribution is 2.16. The van der Waals surface area contributed by atoms with Gasteiger partial charge in [0, 0.05) is 26.0 Å². The van der Waals surface area contributed by atoms with Crippen molar-refractivity contribution in [2.45, 2.75) is 0 Å². The van der Waals surface area contributed by atoms with Gasteiger partial charge in [-0.1, -0.05) is 18.2 Å². The summed E-state index contributed by atoms with van der Waals surface area (Å²) in [5.41, 5.74) is 3.13. The predicted molar refractivity (Wildman–Crippen MR) is 86.1 cm³/mol. The fraction of sp³-hybridized carbons (Fsp3) is 0.118. The van der Waals surface area contributed by atoms with E-state index in [2.05, 4.69) is 34.2 Å². The highest BCUT2D eigenvalue weighted by molar-refractivity contribution is 5.80. The standard InChI is InChI=1S/C17H18N2O/c1-19(2)16-9-5-14(6-10-16)4-3-13-18-15-7-11-17(20)12-8-15/h3-13,20H,1-2H3/b4-3+,18-13?. The van der Waals surface area contributed by atoms with E-state index in [4.69, 9.17) is 5.11 Å². The van der Waals surface area contributed by atoms with Gasteiger partial charge in [-0.3, -0.25) is 4.99 Å². The molecule has 0 radical (unpaired) electrons. The Morgan fingerprint density at radius 3 is 2.20 bits per heavy atom. The average Bonchev–Trinajstić information content (AvgIpc) is 2.46. The summed E-state index contributed by atoms with van der Waals surface area (Å²) in [4.78, 5) is 6.35. The lowest BCUT2D eigenvalue weighted by Gasteiger charge is -2.11. The van der Waals surface area contributed by atoms with E-state index in [0.29, 0.717) is 0 Å². The van der Waals surface area contributed by atoms with E-state index in [1.807, 2.05) is 26.2 Å². The van der Waals surface area contributed by atoms with Gasteiger partial charge in [-0.05, 0) is 48.0 Å². The van der Waals surface area contributed by atoms with Crippen molar-refractivity contribution in [2.24, 2.45) is 4.99 Å². The maximum absolute atomic E-state index is 9.17. The number of benzene rings is 2. The van der Waals surface area contributed by atoms with Crippen molar-refractivity contribution in [3.05, 3.63) is 60.2 Å². The summed E-state index contributed by atoms with van der Waals surface area (Å²) in [6, 6.07) is 15.1. The molecule has 2 aromatic rings. The number of nitrogens with zero attached hydrogens (tertiary/aromatic N) is 2. The second-order valence-corrected chi connectivity index (χ2v) is 4.64. The third kappa shape index (κ3) is 3.99. The minimum atomic E-state index is 0.250. The van der Waals surface area contributed by atoms with Crippen LogP contribution in [-0.4, -0.2) is 25.4 Å². The molecule has 0 spiro atoms. The molecule has 3 nitrogen and oxygen atoms in total. The van der Waals surface area contributed by atoms with Crippen LogP contribution in [0.2, 0.25) is 0 Å². The van der Waals surface area contributed by atoms with E-state index in [0.717, 1.165) is 11.3 Å². The highest BCUT2D eigenvalue weighted by Gasteiger charge is 1.93. The first-order valence-electron chi connectivity index (χ1n) is 6.42. The summed E-state index contributed by atoms with van der Waals surface area (Å²) in [7, 11) is 4.05. The molecule has 0 heterocycles. The first-order chi connectivity index (χ1) is 9.65. The minimum absolute atomic E-state index is 0.250. The van der Waals surface area contributed by atoms with Gasteiger partial charge in [0.2, 0.25) is 0 Å². The van der Waals surface area contributed by atoms with Crippen molar-refractivity contribution in [2.75, 3.05) is 19.0 Å². The van der Waals surface area contributed by atoms with E-state index in [9.17, 15) is 0 Å². The van der Waals surface area contributed by atoms with Gasteiger partial charge >= 0.3 is 0 Å². The van der Waals surface area contributed by atoms with E-state index >= 15 is 0 Å². The van der Waals surface area contributed by atoms with Gasteiger partial charge in [0.15, 0.2) is 0 Å². The lowest BCUT2D eigenvalue weighted by atomic mass is 10.2. The summed E-state index contributed by atoms with van der Waals surface area (Å²) in [5, 5.41) is 9.17. The molecule has 3 heteroatoms. The first kappa shape index (κ1) is 13.9. The predicted octanol–water partition coefficient (Wildman–Crippen LogP) is 3.87. The number of aromatic hydroxyl groups is 1. The Morgan fingerprint density at radius 1 is 0.950 bits per heavy atom. The maximum atomic E-state index is 9.17. The van der Waals surface area contributed by atoms with Crippen molar-refractivity contribution in [1.82, 2.24) is 0 Å². The molecule has 0 saturated heterocycles. The van der Waals surface area contributed by atoms with Crippen LogP contribution in [0.5, 0.6) is 5.75 Å². The number of allylic oxidation sites excluding steroid dienone is 1. The number of anilines is 1. The van der Waals surface area contributed by atoms with Crippen molar-refractivity contribution in [1.29, 1.82) is 0 Å². The molecule has 1 N–H and O–H groups in total. The van der Waals surface area contributed by atoms with Gasteiger partial charge in [0.05, 0.1) is 5.69 Å². The van der Waals surface area contributed by atoms with Crippen LogP contribution in [0.1, 0.15) is 5.56 Å². The molecule has 2 rings (SSSR count). The zero-order valence-corrected chi connectivity index (χ0v) is 11.7. The van der Waals surface area contributed by atoms with Crippen LogP contribution in [0.3, 0.4) is 0 Å². The van der Waals surface area contributed by atoms with E-state index < -0.39 is 0 Å². The summed E-state index contributed by atoms with van der Waals surface area (Å²) in [6.07, 6.45) is 5.65. The molecule has 0 fully saturated rings. The Balaban J connectivity index is 1.97. The summed E-state index contributed by atoms with van der Waals surface area (Å²) < 4.78 is 0. The topological polar surface area (TPSA) is 35.8 Å². The number of hydrogen-bond acceptors (Lipinski definition) is 3. The molecule has 0 amide bonds. The lowest BCUT2D eigenvalue weighted by Crippen LogP contribution is -2.07. The molecule has 0 aliphatic rings. The fourth-order valence-electron chi connectivity index (χ4n) is 1.71. The van der Waals surface area contributed by atoms with Crippen LogP contribution in [-0.2, 0) is 0 Å². The van der Waals surface area contributed by atoms with Crippen molar-refractivity contribution in [3.63, 3.8) is 0 Å². The van der Waals surface area contributed by atoms with Crippen LogP contribution in [0, 0.1) is 0 Å². The summed E-state index contributed by atoms with van der Waals surface area (Å²) in [5.74, 6) is 0.250. The first-order valence-corrected chi connectivity index (χ1v) is 6.42. The quantitative estimate of drug-likeness (QED) is 0.853. The van der Waals surface area contributed by atoms with Crippen LogP contribution in [0.15, 0.2) is 59.6 Å². The Bertz CT molecular complexity index is 596. The molecule has 0 saturated carbocycles. The SMILES string of the molecule is CN(C)c1ccc(/C=C/C=Nc2ccc(O)cc2)cc1.